The predicted molar refractivity (Wildman–Crippen MR) is 61.2 cm³/mol. The second-order valence-electron chi connectivity index (χ2n) is 3.78. The Morgan fingerprint density at radius 3 is 2.33 bits per heavy atom. The summed E-state index contributed by atoms with van der Waals surface area (Å²) in [5.41, 5.74) is 13.1. The number of nitrogens with zero attached hydrogens (tertiary/aromatic N) is 1. The van der Waals surface area contributed by atoms with E-state index in [0.29, 0.717) is 12.1 Å². The van der Waals surface area contributed by atoms with Crippen molar-refractivity contribution in [1.29, 1.82) is 0 Å². The molecule has 4 N–H and O–H groups in total. The van der Waals surface area contributed by atoms with Crippen LogP contribution in [0.2, 0.25) is 0 Å². The van der Waals surface area contributed by atoms with Crippen molar-refractivity contribution in [2.75, 3.05) is 19.8 Å². The molecule has 0 fully saturated rings. The molecule has 1 aromatic carbocycles. The molecule has 15 heavy (non-hydrogen) atoms. The fraction of sp³-hybridized carbons (Fsp3) is 0.364. The van der Waals surface area contributed by atoms with Crippen LogP contribution in [0.5, 0.6) is 0 Å². The molecule has 0 heterocycles. The number of benzene rings is 1. The van der Waals surface area contributed by atoms with Gasteiger partial charge in [0, 0.05) is 19.8 Å². The molecular formula is C11H17N3O. The number of nitrogen functional groups attached to an aromatic ring is 1. The zero-order valence-electron chi connectivity index (χ0n) is 9.10. The van der Waals surface area contributed by atoms with Crippen LogP contribution < -0.4 is 11.5 Å². The molecule has 4 heteroatoms. The van der Waals surface area contributed by atoms with Gasteiger partial charge in [-0.15, -0.1) is 0 Å². The zero-order valence-corrected chi connectivity index (χ0v) is 9.10. The minimum Gasteiger partial charge on any atom is -0.399 e. The number of anilines is 1. The van der Waals surface area contributed by atoms with Crippen LogP contribution in [0.25, 0.3) is 0 Å². The van der Waals surface area contributed by atoms with Crippen molar-refractivity contribution in [2.24, 2.45) is 5.73 Å². The molecule has 0 aromatic heterocycles. The van der Waals surface area contributed by atoms with Crippen molar-refractivity contribution in [3.63, 3.8) is 0 Å². The maximum Gasteiger partial charge on any atom is 0.239 e. The SMILES string of the molecule is CN(C)C(=O)C(N)Cc1ccc(N)cc1. The lowest BCUT2D eigenvalue weighted by molar-refractivity contribution is -0.130. The summed E-state index contributed by atoms with van der Waals surface area (Å²) in [5.74, 6) is -0.0631. The van der Waals surface area contributed by atoms with Crippen LogP contribution in [0.1, 0.15) is 5.56 Å². The Morgan fingerprint density at radius 2 is 1.87 bits per heavy atom. The van der Waals surface area contributed by atoms with E-state index in [2.05, 4.69) is 0 Å². The molecule has 1 unspecified atom stereocenters. The fourth-order valence-electron chi connectivity index (χ4n) is 1.33. The molecule has 0 bridgehead atoms. The lowest BCUT2D eigenvalue weighted by atomic mass is 10.1. The van der Waals surface area contributed by atoms with Crippen LogP contribution in [0.15, 0.2) is 24.3 Å². The van der Waals surface area contributed by atoms with Crippen molar-refractivity contribution < 1.29 is 4.79 Å². The molecule has 1 rings (SSSR count). The van der Waals surface area contributed by atoms with E-state index in [4.69, 9.17) is 11.5 Å². The van der Waals surface area contributed by atoms with Gasteiger partial charge in [0.1, 0.15) is 0 Å². The van der Waals surface area contributed by atoms with Gasteiger partial charge < -0.3 is 16.4 Å². The summed E-state index contributed by atoms with van der Waals surface area (Å²) in [6.45, 7) is 0. The van der Waals surface area contributed by atoms with Gasteiger partial charge in [0.25, 0.3) is 0 Å². The van der Waals surface area contributed by atoms with Gasteiger partial charge in [-0.25, -0.2) is 0 Å². The van der Waals surface area contributed by atoms with Crippen molar-refractivity contribution in [2.45, 2.75) is 12.5 Å². The van der Waals surface area contributed by atoms with Gasteiger partial charge in [0.05, 0.1) is 6.04 Å². The van der Waals surface area contributed by atoms with Crippen molar-refractivity contribution in [3.05, 3.63) is 29.8 Å². The highest BCUT2D eigenvalue weighted by Crippen LogP contribution is 2.07. The van der Waals surface area contributed by atoms with Gasteiger partial charge in [0.2, 0.25) is 5.91 Å². The minimum absolute atomic E-state index is 0.0631. The van der Waals surface area contributed by atoms with Crippen LogP contribution in [0.4, 0.5) is 5.69 Å². The first kappa shape index (κ1) is 11.5. The summed E-state index contributed by atoms with van der Waals surface area (Å²) < 4.78 is 0. The fourth-order valence-corrected chi connectivity index (χ4v) is 1.33. The molecule has 1 aromatic rings. The van der Waals surface area contributed by atoms with E-state index in [0.717, 1.165) is 5.56 Å². The number of nitrogens with two attached hydrogens (primary N) is 2. The first-order chi connectivity index (χ1) is 7.00. The van der Waals surface area contributed by atoms with Gasteiger partial charge in [-0.05, 0) is 24.1 Å². The second-order valence-corrected chi connectivity index (χ2v) is 3.78. The predicted octanol–water partition coefficient (Wildman–Crippen LogP) is 0.227. The summed E-state index contributed by atoms with van der Waals surface area (Å²) >= 11 is 0. The lowest BCUT2D eigenvalue weighted by Crippen LogP contribution is -2.41. The normalized spacial score (nSPS) is 12.2. The van der Waals surface area contributed by atoms with Crippen molar-refractivity contribution >= 4 is 11.6 Å². The molecular weight excluding hydrogens is 190 g/mol. The Kier molecular flexibility index (Phi) is 3.68. The minimum atomic E-state index is -0.483. The second kappa shape index (κ2) is 4.79. The van der Waals surface area contributed by atoms with E-state index in [-0.39, 0.29) is 5.91 Å². The van der Waals surface area contributed by atoms with Crippen LogP contribution in [-0.4, -0.2) is 30.9 Å². The van der Waals surface area contributed by atoms with Gasteiger partial charge >= 0.3 is 0 Å². The smallest absolute Gasteiger partial charge is 0.239 e. The average Bonchev–Trinajstić information content (AvgIpc) is 2.20. The van der Waals surface area contributed by atoms with Crippen LogP contribution in [-0.2, 0) is 11.2 Å². The molecule has 0 saturated carbocycles. The summed E-state index contributed by atoms with van der Waals surface area (Å²) in [6, 6.07) is 6.91. The Morgan fingerprint density at radius 1 is 1.33 bits per heavy atom. The van der Waals surface area contributed by atoms with E-state index in [1.165, 1.54) is 4.90 Å². The number of carbonyl (C=O) groups excluding carboxylic acids is 1. The first-order valence-electron chi connectivity index (χ1n) is 4.82. The molecule has 82 valence electrons. The maximum absolute atomic E-state index is 11.5. The highest BCUT2D eigenvalue weighted by Gasteiger charge is 2.15. The van der Waals surface area contributed by atoms with Crippen molar-refractivity contribution in [3.8, 4) is 0 Å². The van der Waals surface area contributed by atoms with E-state index in [9.17, 15) is 4.79 Å². The summed E-state index contributed by atoms with van der Waals surface area (Å²) in [5, 5.41) is 0. The lowest BCUT2D eigenvalue weighted by Gasteiger charge is -2.16. The molecule has 1 amide bonds. The number of hydrogen-bond acceptors (Lipinski definition) is 3. The highest BCUT2D eigenvalue weighted by molar-refractivity contribution is 5.81. The van der Waals surface area contributed by atoms with Crippen LogP contribution in [0.3, 0.4) is 0 Å². The molecule has 0 aliphatic rings. The molecule has 0 saturated heterocycles. The Bertz CT molecular complexity index is 332. The number of rotatable bonds is 3. The van der Waals surface area contributed by atoms with Gasteiger partial charge in [-0.3, -0.25) is 4.79 Å². The summed E-state index contributed by atoms with van der Waals surface area (Å²) in [4.78, 5) is 13.0. The third kappa shape index (κ3) is 3.25. The highest BCUT2D eigenvalue weighted by atomic mass is 16.2. The summed E-state index contributed by atoms with van der Waals surface area (Å²) in [6.07, 6.45) is 0.539. The average molecular weight is 207 g/mol. The molecule has 0 radical (unpaired) electrons. The first-order valence-corrected chi connectivity index (χ1v) is 4.82. The summed E-state index contributed by atoms with van der Waals surface area (Å²) in [7, 11) is 3.40. The van der Waals surface area contributed by atoms with Crippen LogP contribution in [0, 0.1) is 0 Å². The topological polar surface area (TPSA) is 72.3 Å². The Hall–Kier alpha value is -1.55. The molecule has 0 aliphatic carbocycles. The zero-order chi connectivity index (χ0) is 11.4. The third-order valence-electron chi connectivity index (χ3n) is 2.19. The molecule has 4 nitrogen and oxygen atoms in total. The molecule has 0 spiro atoms. The van der Waals surface area contributed by atoms with E-state index >= 15 is 0 Å². The third-order valence-corrected chi connectivity index (χ3v) is 2.19. The number of hydrogen-bond donors (Lipinski definition) is 2. The molecule has 1 atom stereocenters. The van der Waals surface area contributed by atoms with Gasteiger partial charge in [0.15, 0.2) is 0 Å². The molecule has 0 aliphatic heterocycles. The van der Waals surface area contributed by atoms with E-state index in [1.54, 1.807) is 14.1 Å². The van der Waals surface area contributed by atoms with Gasteiger partial charge in [-0.2, -0.15) is 0 Å². The van der Waals surface area contributed by atoms with E-state index in [1.807, 2.05) is 24.3 Å². The quantitative estimate of drug-likeness (QED) is 0.697. The van der Waals surface area contributed by atoms with Crippen LogP contribution >= 0.6 is 0 Å². The Balaban J connectivity index is 2.62. The standard InChI is InChI=1S/C11H17N3O/c1-14(2)11(15)10(13)7-8-3-5-9(12)6-4-8/h3-6,10H,7,12-13H2,1-2H3. The van der Waals surface area contributed by atoms with Gasteiger partial charge in [-0.1, -0.05) is 12.1 Å². The maximum atomic E-state index is 11.5. The number of carbonyl (C=O) groups is 1. The largest absolute Gasteiger partial charge is 0.399 e. The van der Waals surface area contributed by atoms with Crippen molar-refractivity contribution in [1.82, 2.24) is 4.90 Å². The Labute approximate surface area is 89.9 Å². The monoisotopic (exact) mass is 207 g/mol. The van der Waals surface area contributed by atoms with E-state index < -0.39 is 6.04 Å². The number of amides is 1. The number of likely N-dealkylation sites (N-methyl/N-ethyl adjacent to an activating group) is 1.